The zero-order valence-electron chi connectivity index (χ0n) is 11.7. The first-order valence-corrected chi connectivity index (χ1v) is 7.53. The first-order valence-electron chi connectivity index (χ1n) is 6.65. The van der Waals surface area contributed by atoms with Gasteiger partial charge in [-0.05, 0) is 18.4 Å². The van der Waals surface area contributed by atoms with Gasteiger partial charge in [-0.15, -0.1) is 11.3 Å². The van der Waals surface area contributed by atoms with E-state index < -0.39 is 5.91 Å². The third-order valence-corrected chi connectivity index (χ3v) is 4.20. The van der Waals surface area contributed by atoms with Crippen LogP contribution in [0.2, 0.25) is 0 Å². The molecule has 0 aliphatic carbocycles. The molecule has 2 amide bonds. The lowest BCUT2D eigenvalue weighted by atomic mass is 10.2. The van der Waals surface area contributed by atoms with E-state index in [4.69, 9.17) is 15.6 Å². The van der Waals surface area contributed by atoms with E-state index in [1.54, 1.807) is 11.4 Å². The van der Waals surface area contributed by atoms with Crippen molar-refractivity contribution < 1.29 is 19.4 Å². The van der Waals surface area contributed by atoms with Gasteiger partial charge in [-0.25, -0.2) is 0 Å². The van der Waals surface area contributed by atoms with Crippen LogP contribution in [0.5, 0.6) is 0 Å². The lowest BCUT2D eigenvalue weighted by Gasteiger charge is -2.36. The van der Waals surface area contributed by atoms with Crippen molar-refractivity contribution in [3.63, 3.8) is 0 Å². The highest BCUT2D eigenvalue weighted by atomic mass is 32.1. The highest BCUT2D eigenvalue weighted by Crippen LogP contribution is 2.22. The van der Waals surface area contributed by atoms with Crippen LogP contribution < -0.4 is 11.1 Å². The third kappa shape index (κ3) is 4.01. The molecule has 21 heavy (non-hydrogen) atoms. The summed E-state index contributed by atoms with van der Waals surface area (Å²) < 4.78 is 5.43. The van der Waals surface area contributed by atoms with Crippen LogP contribution in [0.1, 0.15) is 17.3 Å². The van der Waals surface area contributed by atoms with Crippen LogP contribution in [0.3, 0.4) is 0 Å². The lowest BCUT2D eigenvalue weighted by molar-refractivity contribution is -0.122. The van der Waals surface area contributed by atoms with Crippen LogP contribution in [0.25, 0.3) is 0 Å². The van der Waals surface area contributed by atoms with Gasteiger partial charge in [0.05, 0.1) is 31.4 Å². The Balaban J connectivity index is 1.94. The molecule has 1 aromatic heterocycles. The number of primary amides is 1. The largest absolute Gasteiger partial charge is 0.394 e. The zero-order chi connectivity index (χ0) is 15.4. The number of aliphatic hydroxyl groups is 1. The van der Waals surface area contributed by atoms with Gasteiger partial charge in [-0.1, -0.05) is 0 Å². The number of hydrogen-bond acceptors (Lipinski definition) is 6. The number of aliphatic hydroxyl groups excluding tert-OH is 1. The molecule has 116 valence electrons. The first kappa shape index (κ1) is 15.9. The summed E-state index contributed by atoms with van der Waals surface area (Å²) in [5, 5.41) is 14.0. The smallest absolute Gasteiger partial charge is 0.251 e. The minimum Gasteiger partial charge on any atom is -0.394 e. The number of rotatable bonds is 5. The van der Waals surface area contributed by atoms with Crippen LogP contribution in [0, 0.1) is 0 Å². The fourth-order valence-corrected chi connectivity index (χ4v) is 2.97. The number of hydrogen-bond donors (Lipinski definition) is 3. The molecule has 0 aromatic carbocycles. The summed E-state index contributed by atoms with van der Waals surface area (Å²) in [4.78, 5) is 25.2. The summed E-state index contributed by atoms with van der Waals surface area (Å²) in [6.07, 6.45) is -0.267. The Morgan fingerprint density at radius 1 is 1.62 bits per heavy atom. The van der Waals surface area contributed by atoms with Crippen molar-refractivity contribution in [2.75, 3.05) is 31.6 Å². The number of thiophene rings is 1. The maximum atomic E-state index is 12.1. The predicted molar refractivity (Wildman–Crippen MR) is 79.3 cm³/mol. The van der Waals surface area contributed by atoms with Crippen LogP contribution >= 0.6 is 11.3 Å². The van der Waals surface area contributed by atoms with Crippen LogP contribution in [0.15, 0.2) is 11.4 Å². The topological polar surface area (TPSA) is 105 Å². The van der Waals surface area contributed by atoms with E-state index in [2.05, 4.69) is 5.32 Å². The maximum Gasteiger partial charge on any atom is 0.251 e. The summed E-state index contributed by atoms with van der Waals surface area (Å²) in [7, 11) is 0. The third-order valence-electron chi connectivity index (χ3n) is 3.37. The van der Waals surface area contributed by atoms with Crippen molar-refractivity contribution in [1.82, 2.24) is 4.90 Å². The Morgan fingerprint density at radius 2 is 2.38 bits per heavy atom. The van der Waals surface area contributed by atoms with Crippen LogP contribution in [0.4, 0.5) is 5.00 Å². The maximum absolute atomic E-state index is 12.1. The van der Waals surface area contributed by atoms with E-state index in [-0.39, 0.29) is 31.2 Å². The second kappa shape index (κ2) is 6.99. The van der Waals surface area contributed by atoms with Gasteiger partial charge in [-0.2, -0.15) is 0 Å². The van der Waals surface area contributed by atoms with Crippen molar-refractivity contribution in [2.24, 2.45) is 5.73 Å². The lowest BCUT2D eigenvalue weighted by Crippen LogP contribution is -2.51. The number of carbonyl (C=O) groups excluding carboxylic acids is 2. The van der Waals surface area contributed by atoms with E-state index in [0.29, 0.717) is 23.7 Å². The molecule has 2 unspecified atom stereocenters. The molecule has 1 fully saturated rings. The Morgan fingerprint density at radius 3 is 3.05 bits per heavy atom. The van der Waals surface area contributed by atoms with Crippen molar-refractivity contribution in [3.05, 3.63) is 17.0 Å². The SMILES string of the molecule is CC1COC(CO)CN1CC(=O)Nc1sccc1C(N)=O. The monoisotopic (exact) mass is 313 g/mol. The van der Waals surface area contributed by atoms with E-state index in [1.807, 2.05) is 11.8 Å². The van der Waals surface area contributed by atoms with Gasteiger partial charge >= 0.3 is 0 Å². The van der Waals surface area contributed by atoms with Gasteiger partial charge in [0.25, 0.3) is 5.91 Å². The molecule has 0 saturated carbocycles. The molecule has 1 aliphatic rings. The number of nitrogens with one attached hydrogen (secondary N) is 1. The Bertz CT molecular complexity index is 519. The second-order valence-corrected chi connectivity index (χ2v) is 5.91. The summed E-state index contributed by atoms with van der Waals surface area (Å²) in [5.41, 5.74) is 5.56. The Hall–Kier alpha value is -1.48. The number of carbonyl (C=O) groups is 2. The van der Waals surface area contributed by atoms with Crippen molar-refractivity contribution in [2.45, 2.75) is 19.1 Å². The quantitative estimate of drug-likeness (QED) is 0.702. The van der Waals surface area contributed by atoms with Gasteiger partial charge in [0.2, 0.25) is 5.91 Å². The molecule has 1 saturated heterocycles. The number of anilines is 1. The van der Waals surface area contributed by atoms with Gasteiger partial charge in [0.15, 0.2) is 0 Å². The fraction of sp³-hybridized carbons (Fsp3) is 0.538. The van der Waals surface area contributed by atoms with E-state index in [9.17, 15) is 9.59 Å². The standard InChI is InChI=1S/C13H19N3O4S/c1-8-7-20-9(6-17)4-16(8)5-11(18)15-13-10(12(14)19)2-3-21-13/h2-3,8-9,17H,4-7H2,1H3,(H2,14,19)(H,15,18). The summed E-state index contributed by atoms with van der Waals surface area (Å²) in [6.45, 7) is 3.04. The van der Waals surface area contributed by atoms with Crippen molar-refractivity contribution in [1.29, 1.82) is 0 Å². The number of morpholine rings is 1. The molecule has 4 N–H and O–H groups in total. The highest BCUT2D eigenvalue weighted by molar-refractivity contribution is 7.14. The van der Waals surface area contributed by atoms with Gasteiger partial charge in [0.1, 0.15) is 5.00 Å². The zero-order valence-corrected chi connectivity index (χ0v) is 12.6. The minimum absolute atomic E-state index is 0.0679. The summed E-state index contributed by atoms with van der Waals surface area (Å²) in [6, 6.07) is 1.68. The van der Waals surface area contributed by atoms with Crippen LogP contribution in [-0.4, -0.2) is 60.3 Å². The normalized spacial score (nSPS) is 23.0. The fourth-order valence-electron chi connectivity index (χ4n) is 2.16. The Kier molecular flexibility index (Phi) is 5.29. The predicted octanol–water partition coefficient (Wildman–Crippen LogP) is -0.133. The second-order valence-electron chi connectivity index (χ2n) is 4.99. The molecule has 2 heterocycles. The minimum atomic E-state index is -0.563. The van der Waals surface area contributed by atoms with Gasteiger partial charge in [-0.3, -0.25) is 14.5 Å². The molecular formula is C13H19N3O4S. The number of nitrogens with two attached hydrogens (primary N) is 1. The molecule has 0 bridgehead atoms. The average Bonchev–Trinajstić information content (AvgIpc) is 2.89. The molecule has 2 rings (SSSR count). The first-order chi connectivity index (χ1) is 10.0. The molecule has 2 atom stereocenters. The average molecular weight is 313 g/mol. The molecule has 7 nitrogen and oxygen atoms in total. The number of nitrogens with zero attached hydrogens (tertiary/aromatic N) is 1. The summed E-state index contributed by atoms with van der Waals surface area (Å²) in [5.74, 6) is -0.781. The van der Waals surface area contributed by atoms with Gasteiger partial charge in [0, 0.05) is 12.6 Å². The molecule has 0 radical (unpaired) electrons. The molecule has 0 spiro atoms. The van der Waals surface area contributed by atoms with E-state index in [1.165, 1.54) is 11.3 Å². The van der Waals surface area contributed by atoms with Crippen LogP contribution in [-0.2, 0) is 9.53 Å². The number of ether oxygens (including phenoxy) is 1. The van der Waals surface area contributed by atoms with E-state index in [0.717, 1.165) is 0 Å². The molecular weight excluding hydrogens is 294 g/mol. The molecule has 1 aliphatic heterocycles. The highest BCUT2D eigenvalue weighted by Gasteiger charge is 2.27. The van der Waals surface area contributed by atoms with Crippen molar-refractivity contribution >= 4 is 28.2 Å². The van der Waals surface area contributed by atoms with E-state index >= 15 is 0 Å². The summed E-state index contributed by atoms with van der Waals surface area (Å²) >= 11 is 1.26. The molecule has 8 heteroatoms. The van der Waals surface area contributed by atoms with Gasteiger partial charge < -0.3 is 20.9 Å². The number of amides is 2. The Labute approximate surface area is 126 Å². The van der Waals surface area contributed by atoms with Crippen molar-refractivity contribution in [3.8, 4) is 0 Å². The molecule has 1 aromatic rings.